The van der Waals surface area contributed by atoms with Crippen molar-refractivity contribution in [1.29, 1.82) is 0 Å². The van der Waals surface area contributed by atoms with Gasteiger partial charge in [-0.25, -0.2) is 4.98 Å². The highest BCUT2D eigenvalue weighted by Crippen LogP contribution is 2.36. The van der Waals surface area contributed by atoms with E-state index in [4.69, 9.17) is 9.47 Å². The SMILES string of the molecule is CCC(CO)NCc1csc(-c2ccc3c(c2)OCO3)n1. The normalized spacial score (nSPS) is 14.4. The molecular formula is C15H18N2O3S. The lowest BCUT2D eigenvalue weighted by molar-refractivity contribution is 0.174. The van der Waals surface area contributed by atoms with Crippen molar-refractivity contribution in [2.45, 2.75) is 25.9 Å². The molecule has 5 nitrogen and oxygen atoms in total. The lowest BCUT2D eigenvalue weighted by atomic mass is 10.2. The minimum absolute atomic E-state index is 0.126. The predicted octanol–water partition coefficient (Wildman–Crippen LogP) is 2.40. The molecule has 2 aromatic rings. The summed E-state index contributed by atoms with van der Waals surface area (Å²) in [6.45, 7) is 3.15. The Morgan fingerprint density at radius 3 is 3.05 bits per heavy atom. The Morgan fingerprint density at radius 1 is 1.38 bits per heavy atom. The Bertz CT molecular complexity index is 611. The number of ether oxygens (including phenoxy) is 2. The first-order valence-corrected chi connectivity index (χ1v) is 7.86. The van der Waals surface area contributed by atoms with Crippen LogP contribution in [0.15, 0.2) is 23.6 Å². The summed E-state index contributed by atoms with van der Waals surface area (Å²) in [4.78, 5) is 4.62. The van der Waals surface area contributed by atoms with Crippen LogP contribution in [0, 0.1) is 0 Å². The molecule has 0 aliphatic carbocycles. The van der Waals surface area contributed by atoms with Gasteiger partial charge in [0.25, 0.3) is 0 Å². The lowest BCUT2D eigenvalue weighted by Crippen LogP contribution is -2.31. The summed E-state index contributed by atoms with van der Waals surface area (Å²) in [5, 5.41) is 15.5. The summed E-state index contributed by atoms with van der Waals surface area (Å²) in [6.07, 6.45) is 0.898. The third kappa shape index (κ3) is 3.18. The Morgan fingerprint density at radius 2 is 2.24 bits per heavy atom. The number of nitrogens with zero attached hydrogens (tertiary/aromatic N) is 1. The number of thiazole rings is 1. The van der Waals surface area contributed by atoms with Crippen LogP contribution in [0.3, 0.4) is 0 Å². The first-order chi connectivity index (χ1) is 10.3. The van der Waals surface area contributed by atoms with Gasteiger partial charge in [0.05, 0.1) is 12.3 Å². The van der Waals surface area contributed by atoms with Gasteiger partial charge >= 0.3 is 0 Å². The van der Waals surface area contributed by atoms with E-state index >= 15 is 0 Å². The second-order valence-corrected chi connectivity index (χ2v) is 5.74. The maximum atomic E-state index is 9.17. The van der Waals surface area contributed by atoms with Crippen LogP contribution in [0.1, 0.15) is 19.0 Å². The number of aliphatic hydroxyl groups excluding tert-OH is 1. The fourth-order valence-electron chi connectivity index (χ4n) is 2.14. The van der Waals surface area contributed by atoms with Crippen molar-refractivity contribution in [1.82, 2.24) is 10.3 Å². The molecule has 2 N–H and O–H groups in total. The zero-order valence-corrected chi connectivity index (χ0v) is 12.7. The highest BCUT2D eigenvalue weighted by molar-refractivity contribution is 7.13. The largest absolute Gasteiger partial charge is 0.454 e. The van der Waals surface area contributed by atoms with Gasteiger partial charge in [-0.05, 0) is 24.6 Å². The number of aromatic nitrogens is 1. The van der Waals surface area contributed by atoms with Gasteiger partial charge < -0.3 is 19.9 Å². The highest BCUT2D eigenvalue weighted by atomic mass is 32.1. The summed E-state index contributed by atoms with van der Waals surface area (Å²) < 4.78 is 10.7. The molecule has 1 aromatic heterocycles. The minimum Gasteiger partial charge on any atom is -0.454 e. The van der Waals surface area contributed by atoms with Gasteiger partial charge in [0, 0.05) is 23.5 Å². The molecule has 2 heterocycles. The molecule has 0 amide bonds. The molecule has 0 fully saturated rings. The second kappa shape index (κ2) is 6.43. The third-order valence-corrected chi connectivity index (χ3v) is 4.40. The maximum absolute atomic E-state index is 9.17. The monoisotopic (exact) mass is 306 g/mol. The van der Waals surface area contributed by atoms with E-state index in [2.05, 4.69) is 10.3 Å². The van der Waals surface area contributed by atoms with E-state index in [1.807, 2.05) is 30.5 Å². The fraction of sp³-hybridized carbons (Fsp3) is 0.400. The molecule has 1 aliphatic heterocycles. The van der Waals surface area contributed by atoms with Crippen molar-refractivity contribution in [3.63, 3.8) is 0 Å². The Kier molecular flexibility index (Phi) is 4.38. The zero-order chi connectivity index (χ0) is 14.7. The molecule has 1 atom stereocenters. The zero-order valence-electron chi connectivity index (χ0n) is 11.8. The Balaban J connectivity index is 1.70. The van der Waals surface area contributed by atoms with Crippen LogP contribution >= 0.6 is 11.3 Å². The number of rotatable bonds is 6. The van der Waals surface area contributed by atoms with E-state index in [-0.39, 0.29) is 19.4 Å². The van der Waals surface area contributed by atoms with Gasteiger partial charge in [0.15, 0.2) is 11.5 Å². The summed E-state index contributed by atoms with van der Waals surface area (Å²) in [6, 6.07) is 5.99. The van der Waals surface area contributed by atoms with E-state index in [1.54, 1.807) is 11.3 Å². The molecule has 6 heteroatoms. The second-order valence-electron chi connectivity index (χ2n) is 4.88. The topological polar surface area (TPSA) is 63.6 Å². The number of hydrogen-bond donors (Lipinski definition) is 2. The number of benzene rings is 1. The van der Waals surface area contributed by atoms with Gasteiger partial charge in [-0.3, -0.25) is 0 Å². The molecule has 0 saturated heterocycles. The lowest BCUT2D eigenvalue weighted by Gasteiger charge is -2.12. The summed E-state index contributed by atoms with van der Waals surface area (Å²) in [5.41, 5.74) is 2.02. The van der Waals surface area contributed by atoms with Crippen LogP contribution in [0.2, 0.25) is 0 Å². The summed E-state index contributed by atoms with van der Waals surface area (Å²) in [5.74, 6) is 1.56. The van der Waals surface area contributed by atoms with E-state index in [0.717, 1.165) is 34.2 Å². The van der Waals surface area contributed by atoms with Crippen molar-refractivity contribution in [2.24, 2.45) is 0 Å². The van der Waals surface area contributed by atoms with Crippen LogP contribution in [-0.4, -0.2) is 29.5 Å². The first-order valence-electron chi connectivity index (χ1n) is 6.98. The average molecular weight is 306 g/mol. The van der Waals surface area contributed by atoms with Crippen LogP contribution in [0.25, 0.3) is 10.6 Å². The van der Waals surface area contributed by atoms with Crippen molar-refractivity contribution in [3.8, 4) is 22.1 Å². The van der Waals surface area contributed by atoms with Crippen LogP contribution in [0.4, 0.5) is 0 Å². The van der Waals surface area contributed by atoms with Gasteiger partial charge in [0.2, 0.25) is 6.79 Å². The van der Waals surface area contributed by atoms with Crippen molar-refractivity contribution in [3.05, 3.63) is 29.3 Å². The number of aliphatic hydroxyl groups is 1. The van der Waals surface area contributed by atoms with E-state index in [1.165, 1.54) is 0 Å². The number of nitrogens with one attached hydrogen (secondary N) is 1. The number of hydrogen-bond acceptors (Lipinski definition) is 6. The van der Waals surface area contributed by atoms with Crippen LogP contribution in [-0.2, 0) is 6.54 Å². The molecule has 0 radical (unpaired) electrons. The standard InChI is InChI=1S/C15H18N2O3S/c1-2-11(7-18)16-6-12-8-21-15(17-12)10-3-4-13-14(5-10)20-9-19-13/h3-5,8,11,16,18H,2,6-7,9H2,1H3. The summed E-state index contributed by atoms with van der Waals surface area (Å²) in [7, 11) is 0. The highest BCUT2D eigenvalue weighted by Gasteiger charge is 2.15. The van der Waals surface area contributed by atoms with E-state index < -0.39 is 0 Å². The summed E-state index contributed by atoms with van der Waals surface area (Å²) >= 11 is 1.60. The molecule has 1 aliphatic rings. The molecule has 3 rings (SSSR count). The molecule has 0 bridgehead atoms. The molecule has 1 aromatic carbocycles. The van der Waals surface area contributed by atoms with E-state index in [9.17, 15) is 5.11 Å². The van der Waals surface area contributed by atoms with E-state index in [0.29, 0.717) is 6.54 Å². The number of fused-ring (bicyclic) bond motifs is 1. The van der Waals surface area contributed by atoms with Gasteiger partial charge in [-0.15, -0.1) is 11.3 Å². The molecule has 0 spiro atoms. The average Bonchev–Trinajstić information content (AvgIpc) is 3.16. The fourth-order valence-corrected chi connectivity index (χ4v) is 2.95. The third-order valence-electron chi connectivity index (χ3n) is 3.46. The van der Waals surface area contributed by atoms with Gasteiger partial charge in [0.1, 0.15) is 5.01 Å². The van der Waals surface area contributed by atoms with Crippen molar-refractivity contribution < 1.29 is 14.6 Å². The molecule has 21 heavy (non-hydrogen) atoms. The molecule has 112 valence electrons. The Labute approximate surface area is 127 Å². The first kappa shape index (κ1) is 14.3. The van der Waals surface area contributed by atoms with Crippen LogP contribution < -0.4 is 14.8 Å². The van der Waals surface area contributed by atoms with Crippen molar-refractivity contribution in [2.75, 3.05) is 13.4 Å². The van der Waals surface area contributed by atoms with Crippen molar-refractivity contribution >= 4 is 11.3 Å². The molecule has 0 saturated carbocycles. The van der Waals surface area contributed by atoms with Gasteiger partial charge in [-0.1, -0.05) is 6.92 Å². The smallest absolute Gasteiger partial charge is 0.231 e. The maximum Gasteiger partial charge on any atom is 0.231 e. The molecule has 1 unspecified atom stereocenters. The molecular weight excluding hydrogens is 288 g/mol. The Hall–Kier alpha value is -1.63. The quantitative estimate of drug-likeness (QED) is 0.858. The minimum atomic E-state index is 0.126. The van der Waals surface area contributed by atoms with Crippen LogP contribution in [0.5, 0.6) is 11.5 Å². The predicted molar refractivity (Wildman–Crippen MR) is 81.7 cm³/mol. The van der Waals surface area contributed by atoms with Gasteiger partial charge in [-0.2, -0.15) is 0 Å².